The van der Waals surface area contributed by atoms with Crippen molar-refractivity contribution < 1.29 is 9.53 Å². The van der Waals surface area contributed by atoms with Crippen molar-refractivity contribution in [1.82, 2.24) is 9.80 Å². The van der Waals surface area contributed by atoms with Gasteiger partial charge in [0.2, 0.25) is 5.91 Å². The van der Waals surface area contributed by atoms with Gasteiger partial charge in [0.05, 0.1) is 12.5 Å². The summed E-state index contributed by atoms with van der Waals surface area (Å²) >= 11 is 0. The zero-order valence-electron chi connectivity index (χ0n) is 12.7. The molecule has 3 heterocycles. The zero-order valence-corrected chi connectivity index (χ0v) is 12.7. The molecule has 1 aromatic carbocycles. The normalized spacial score (nSPS) is 36.9. The summed E-state index contributed by atoms with van der Waals surface area (Å²) in [5.41, 5.74) is 0.951. The lowest BCUT2D eigenvalue weighted by atomic mass is 9.92. The monoisotopic (exact) mass is 286 g/mol. The molecule has 3 saturated heterocycles. The predicted molar refractivity (Wildman–Crippen MR) is 79.5 cm³/mol. The van der Waals surface area contributed by atoms with Gasteiger partial charge in [0, 0.05) is 31.6 Å². The van der Waals surface area contributed by atoms with E-state index in [-0.39, 0.29) is 11.6 Å². The highest BCUT2D eigenvalue weighted by molar-refractivity contribution is 5.83. The summed E-state index contributed by atoms with van der Waals surface area (Å²) in [7, 11) is 0. The van der Waals surface area contributed by atoms with E-state index in [2.05, 4.69) is 43.0 Å². The van der Waals surface area contributed by atoms with Gasteiger partial charge in [-0.25, -0.2) is 0 Å². The maximum Gasteiger partial charge on any atom is 0.229 e. The number of carbonyl (C=O) groups is 1. The van der Waals surface area contributed by atoms with Gasteiger partial charge in [0.25, 0.3) is 0 Å². The number of amides is 1. The van der Waals surface area contributed by atoms with Crippen LogP contribution in [0.15, 0.2) is 30.3 Å². The van der Waals surface area contributed by atoms with E-state index in [9.17, 15) is 4.79 Å². The number of hydrogen-bond acceptors (Lipinski definition) is 3. The maximum atomic E-state index is 12.6. The van der Waals surface area contributed by atoms with Crippen molar-refractivity contribution in [1.29, 1.82) is 0 Å². The van der Waals surface area contributed by atoms with Crippen molar-refractivity contribution in [2.24, 2.45) is 11.8 Å². The maximum absolute atomic E-state index is 12.6. The molecule has 0 spiro atoms. The summed E-state index contributed by atoms with van der Waals surface area (Å²) in [5.74, 6) is 0.711. The number of benzene rings is 1. The van der Waals surface area contributed by atoms with Gasteiger partial charge >= 0.3 is 0 Å². The first-order valence-electron chi connectivity index (χ1n) is 7.85. The standard InChI is InChI=1S/C17H22N2O2/c1-12(13-6-4-3-5-7-13)18-10-14-15(11-18)17(2)19(16(14)20)8-9-21-17/h3-7,12,14-15H,8-11H2,1-2H3/t12-,14-,15+,17+/m0/s1. The molecule has 0 unspecified atom stereocenters. The Labute approximate surface area is 125 Å². The minimum absolute atomic E-state index is 0.112. The van der Waals surface area contributed by atoms with E-state index in [1.807, 2.05) is 11.0 Å². The number of hydrogen-bond donors (Lipinski definition) is 0. The molecule has 0 bridgehead atoms. The Bertz CT molecular complexity index is 561. The van der Waals surface area contributed by atoms with Gasteiger partial charge in [-0.3, -0.25) is 9.69 Å². The molecule has 0 aromatic heterocycles. The Hall–Kier alpha value is -1.39. The number of nitrogens with zero attached hydrogens (tertiary/aromatic N) is 2. The molecule has 0 radical (unpaired) electrons. The van der Waals surface area contributed by atoms with Crippen LogP contribution in [-0.4, -0.2) is 47.7 Å². The second kappa shape index (κ2) is 4.55. The highest BCUT2D eigenvalue weighted by atomic mass is 16.5. The van der Waals surface area contributed by atoms with Crippen LogP contribution in [-0.2, 0) is 9.53 Å². The molecule has 1 amide bonds. The van der Waals surface area contributed by atoms with E-state index in [1.54, 1.807) is 0 Å². The van der Waals surface area contributed by atoms with Crippen LogP contribution in [0.3, 0.4) is 0 Å². The molecular formula is C17H22N2O2. The fourth-order valence-electron chi connectivity index (χ4n) is 4.37. The average molecular weight is 286 g/mol. The smallest absolute Gasteiger partial charge is 0.229 e. The lowest BCUT2D eigenvalue weighted by Gasteiger charge is -2.33. The van der Waals surface area contributed by atoms with E-state index in [1.165, 1.54) is 5.56 Å². The zero-order chi connectivity index (χ0) is 14.6. The summed E-state index contributed by atoms with van der Waals surface area (Å²) < 4.78 is 5.96. The molecule has 0 saturated carbocycles. The highest BCUT2D eigenvalue weighted by Gasteiger charge is 2.62. The van der Waals surface area contributed by atoms with Gasteiger partial charge in [-0.15, -0.1) is 0 Å². The third kappa shape index (κ3) is 1.79. The number of fused-ring (bicyclic) bond motifs is 3. The predicted octanol–water partition coefficient (Wildman–Crippen LogP) is 1.88. The third-order valence-corrected chi connectivity index (χ3v) is 5.69. The molecule has 3 aliphatic heterocycles. The van der Waals surface area contributed by atoms with Crippen molar-refractivity contribution in [3.63, 3.8) is 0 Å². The molecule has 112 valence electrons. The molecular weight excluding hydrogens is 264 g/mol. The molecule has 4 nitrogen and oxygen atoms in total. The largest absolute Gasteiger partial charge is 0.354 e. The fraction of sp³-hybridized carbons (Fsp3) is 0.588. The minimum Gasteiger partial charge on any atom is -0.354 e. The highest BCUT2D eigenvalue weighted by Crippen LogP contribution is 2.48. The van der Waals surface area contributed by atoms with E-state index in [0.29, 0.717) is 24.5 Å². The van der Waals surface area contributed by atoms with Crippen molar-refractivity contribution >= 4 is 5.91 Å². The first kappa shape index (κ1) is 13.3. The van der Waals surface area contributed by atoms with Crippen LogP contribution in [0.25, 0.3) is 0 Å². The molecule has 21 heavy (non-hydrogen) atoms. The quantitative estimate of drug-likeness (QED) is 0.832. The Morgan fingerprint density at radius 3 is 2.81 bits per heavy atom. The van der Waals surface area contributed by atoms with Gasteiger partial charge in [0.15, 0.2) is 0 Å². The second-order valence-electron chi connectivity index (χ2n) is 6.65. The number of carbonyl (C=O) groups excluding carboxylic acids is 1. The lowest BCUT2D eigenvalue weighted by molar-refractivity contribution is -0.139. The minimum atomic E-state index is -0.368. The van der Waals surface area contributed by atoms with Crippen molar-refractivity contribution in [3.8, 4) is 0 Å². The first-order chi connectivity index (χ1) is 10.1. The number of rotatable bonds is 2. The van der Waals surface area contributed by atoms with E-state index < -0.39 is 0 Å². The topological polar surface area (TPSA) is 32.8 Å². The fourth-order valence-corrected chi connectivity index (χ4v) is 4.37. The van der Waals surface area contributed by atoms with Crippen LogP contribution < -0.4 is 0 Å². The van der Waals surface area contributed by atoms with Gasteiger partial charge in [0.1, 0.15) is 5.72 Å². The molecule has 0 N–H and O–H groups in total. The molecule has 4 rings (SSSR count). The Balaban J connectivity index is 1.57. The summed E-state index contributed by atoms with van der Waals surface area (Å²) in [5, 5.41) is 0. The van der Waals surface area contributed by atoms with Gasteiger partial charge < -0.3 is 9.64 Å². The summed E-state index contributed by atoms with van der Waals surface area (Å²) in [4.78, 5) is 17.0. The van der Waals surface area contributed by atoms with E-state index in [4.69, 9.17) is 4.74 Å². The summed E-state index contributed by atoms with van der Waals surface area (Å²) in [6, 6.07) is 10.9. The molecule has 1 aromatic rings. The van der Waals surface area contributed by atoms with E-state index in [0.717, 1.165) is 19.6 Å². The first-order valence-corrected chi connectivity index (χ1v) is 7.85. The molecule has 0 aliphatic carbocycles. The second-order valence-corrected chi connectivity index (χ2v) is 6.65. The summed E-state index contributed by atoms with van der Waals surface area (Å²) in [6.07, 6.45) is 0. The lowest BCUT2D eigenvalue weighted by Crippen LogP contribution is -2.45. The van der Waals surface area contributed by atoms with Crippen LogP contribution in [0.1, 0.15) is 25.5 Å². The molecule has 3 fully saturated rings. The van der Waals surface area contributed by atoms with Crippen LogP contribution in [0.5, 0.6) is 0 Å². The molecule has 3 aliphatic rings. The van der Waals surface area contributed by atoms with Crippen molar-refractivity contribution in [3.05, 3.63) is 35.9 Å². The molecule has 4 atom stereocenters. The van der Waals surface area contributed by atoms with Crippen LogP contribution in [0.2, 0.25) is 0 Å². The van der Waals surface area contributed by atoms with Crippen molar-refractivity contribution in [2.45, 2.75) is 25.6 Å². The number of likely N-dealkylation sites (tertiary alicyclic amines) is 1. The Morgan fingerprint density at radius 2 is 2.05 bits per heavy atom. The third-order valence-electron chi connectivity index (χ3n) is 5.69. The van der Waals surface area contributed by atoms with Crippen LogP contribution in [0.4, 0.5) is 0 Å². The SMILES string of the molecule is C[C@@H](c1ccccc1)N1C[C@@H]2C(=O)N3CCO[C@]3(C)[C@@H]2C1. The Morgan fingerprint density at radius 1 is 1.29 bits per heavy atom. The van der Waals surface area contributed by atoms with Crippen LogP contribution in [0, 0.1) is 11.8 Å². The van der Waals surface area contributed by atoms with E-state index >= 15 is 0 Å². The van der Waals surface area contributed by atoms with Gasteiger partial charge in [-0.2, -0.15) is 0 Å². The average Bonchev–Trinajstić information content (AvgIpc) is 3.15. The van der Waals surface area contributed by atoms with Gasteiger partial charge in [-0.05, 0) is 19.4 Å². The van der Waals surface area contributed by atoms with Crippen LogP contribution >= 0.6 is 0 Å². The Kier molecular flexibility index (Phi) is 2.88. The molecule has 4 heteroatoms. The van der Waals surface area contributed by atoms with Gasteiger partial charge in [-0.1, -0.05) is 30.3 Å². The summed E-state index contributed by atoms with van der Waals surface area (Å²) in [6.45, 7) is 7.57. The number of ether oxygens (including phenoxy) is 1. The van der Waals surface area contributed by atoms with Crippen molar-refractivity contribution in [2.75, 3.05) is 26.2 Å².